The zero-order valence-corrected chi connectivity index (χ0v) is 18.5. The van der Waals surface area contributed by atoms with Crippen molar-refractivity contribution in [1.82, 2.24) is 14.9 Å². The van der Waals surface area contributed by atoms with Crippen LogP contribution in [0.2, 0.25) is 0 Å². The minimum atomic E-state index is -4.62. The number of pyridine rings is 1. The fourth-order valence-electron chi connectivity index (χ4n) is 2.69. The highest BCUT2D eigenvalue weighted by Gasteiger charge is 2.36. The number of amides is 1. The van der Waals surface area contributed by atoms with Crippen LogP contribution in [0.3, 0.4) is 0 Å². The molecule has 30 heavy (non-hydrogen) atoms. The molecule has 0 atom stereocenters. The number of methoxy groups -OCH3 is 1. The van der Waals surface area contributed by atoms with Crippen LogP contribution in [0.15, 0.2) is 23.4 Å². The molecule has 170 valence electrons. The zero-order valence-electron chi connectivity index (χ0n) is 17.7. The summed E-state index contributed by atoms with van der Waals surface area (Å²) in [6.45, 7) is 7.58. The highest BCUT2D eigenvalue weighted by molar-refractivity contribution is 6.29. The Labute approximate surface area is 180 Å². The third kappa shape index (κ3) is 7.55. The predicted octanol–water partition coefficient (Wildman–Crippen LogP) is 3.24. The number of nitrogens with zero attached hydrogens (tertiary/aromatic N) is 5. The van der Waals surface area contributed by atoms with Crippen molar-refractivity contribution in [3.05, 3.63) is 18.3 Å². The molecule has 0 bridgehead atoms. The van der Waals surface area contributed by atoms with Crippen molar-refractivity contribution in [3.63, 3.8) is 0 Å². The lowest BCUT2D eigenvalue weighted by atomic mass is 10.3. The highest BCUT2D eigenvalue weighted by atomic mass is 35.5. The van der Waals surface area contributed by atoms with E-state index in [1.54, 1.807) is 31.2 Å². The van der Waals surface area contributed by atoms with Gasteiger partial charge in [-0.05, 0) is 13.0 Å². The molecule has 0 unspecified atom stereocenters. The Morgan fingerprint density at radius 1 is 1.30 bits per heavy atom. The quantitative estimate of drug-likeness (QED) is 0.362. The molecule has 0 aromatic carbocycles. The number of halogens is 4. The van der Waals surface area contributed by atoms with Gasteiger partial charge in [0.25, 0.3) is 0 Å². The van der Waals surface area contributed by atoms with Crippen molar-refractivity contribution < 1.29 is 22.7 Å². The van der Waals surface area contributed by atoms with E-state index in [-0.39, 0.29) is 19.0 Å². The fraction of sp³-hybridized carbons (Fsp3) is 0.632. The van der Waals surface area contributed by atoms with Gasteiger partial charge in [-0.3, -0.25) is 9.80 Å². The first kappa shape index (κ1) is 25.8. The standard InChI is InChI=1S/C17H23ClF3N5O2.C2H6/c1-3-26(23-14(11-18)17(19,20)21)12-16(27)25-8-6-24(7-9-25)15-10-13(28-2)4-5-22-15;1-2/h4-5,10H,3,6-9,11-12H2,1-2H3;1-2H3/b23-14+;. The number of hydrazone groups is 1. The molecule has 0 saturated carbocycles. The Bertz CT molecular complexity index is 695. The zero-order chi connectivity index (χ0) is 22.7. The number of hydrogen-bond donors (Lipinski definition) is 0. The third-order valence-electron chi connectivity index (χ3n) is 4.31. The summed E-state index contributed by atoms with van der Waals surface area (Å²) in [7, 11) is 1.58. The molecule has 1 saturated heterocycles. The normalized spacial score (nSPS) is 14.7. The number of anilines is 1. The van der Waals surface area contributed by atoms with E-state index in [0.717, 1.165) is 10.8 Å². The number of rotatable bonds is 7. The minimum absolute atomic E-state index is 0.163. The number of likely N-dealkylation sites (N-methyl/N-ethyl adjacent to an activating group) is 1. The summed E-state index contributed by atoms with van der Waals surface area (Å²) in [6, 6.07) is 3.56. The number of aromatic nitrogens is 1. The third-order valence-corrected chi connectivity index (χ3v) is 4.56. The van der Waals surface area contributed by atoms with E-state index in [1.165, 1.54) is 0 Å². The molecule has 0 aliphatic carbocycles. The van der Waals surface area contributed by atoms with Crippen LogP contribution in [0.1, 0.15) is 20.8 Å². The summed E-state index contributed by atoms with van der Waals surface area (Å²) in [5.74, 6) is 0.406. The molecular formula is C19H29ClF3N5O2. The first-order valence-electron chi connectivity index (χ1n) is 9.76. The summed E-state index contributed by atoms with van der Waals surface area (Å²) in [5.41, 5.74) is -1.11. The SMILES string of the molecule is CC.CCN(CC(=O)N1CCN(c2cc(OC)ccn2)CC1)/N=C(\CCl)C(F)(F)F. The van der Waals surface area contributed by atoms with Crippen molar-refractivity contribution in [2.45, 2.75) is 26.9 Å². The van der Waals surface area contributed by atoms with Gasteiger partial charge in [0.2, 0.25) is 5.91 Å². The van der Waals surface area contributed by atoms with E-state index in [2.05, 4.69) is 10.1 Å². The first-order valence-corrected chi connectivity index (χ1v) is 10.3. The molecule has 1 aliphatic rings. The number of carbonyl (C=O) groups excluding carboxylic acids is 1. The molecule has 2 rings (SSSR count). The number of hydrogen-bond acceptors (Lipinski definition) is 6. The second-order valence-corrected chi connectivity index (χ2v) is 6.35. The van der Waals surface area contributed by atoms with Gasteiger partial charge in [0, 0.05) is 45.0 Å². The largest absolute Gasteiger partial charge is 0.497 e. The molecule has 1 aromatic rings. The fourth-order valence-corrected chi connectivity index (χ4v) is 2.89. The lowest BCUT2D eigenvalue weighted by molar-refractivity contribution is -0.132. The van der Waals surface area contributed by atoms with Gasteiger partial charge in [-0.25, -0.2) is 4.98 Å². The van der Waals surface area contributed by atoms with Crippen LogP contribution in [-0.4, -0.2) is 84.9 Å². The Balaban J connectivity index is 0.00000218. The van der Waals surface area contributed by atoms with Crippen LogP contribution in [-0.2, 0) is 4.79 Å². The van der Waals surface area contributed by atoms with Crippen molar-refractivity contribution in [2.75, 3.05) is 57.2 Å². The Hall–Kier alpha value is -2.23. The summed E-state index contributed by atoms with van der Waals surface area (Å²) in [6.07, 6.45) is -2.97. The number of alkyl halides is 4. The van der Waals surface area contributed by atoms with Crippen LogP contribution in [0, 0.1) is 0 Å². The van der Waals surface area contributed by atoms with E-state index < -0.39 is 17.8 Å². The van der Waals surface area contributed by atoms with E-state index >= 15 is 0 Å². The lowest BCUT2D eigenvalue weighted by Crippen LogP contribution is -2.51. The average Bonchev–Trinajstić information content (AvgIpc) is 2.77. The van der Waals surface area contributed by atoms with E-state index in [1.807, 2.05) is 24.8 Å². The highest BCUT2D eigenvalue weighted by Crippen LogP contribution is 2.20. The first-order chi connectivity index (χ1) is 14.3. The smallest absolute Gasteiger partial charge is 0.432 e. The maximum atomic E-state index is 12.8. The maximum absolute atomic E-state index is 12.8. The van der Waals surface area contributed by atoms with Gasteiger partial charge in [0.05, 0.1) is 13.0 Å². The van der Waals surface area contributed by atoms with E-state index in [4.69, 9.17) is 16.3 Å². The monoisotopic (exact) mass is 451 g/mol. The van der Waals surface area contributed by atoms with Gasteiger partial charge in [0.15, 0.2) is 5.71 Å². The van der Waals surface area contributed by atoms with Gasteiger partial charge >= 0.3 is 6.18 Å². The van der Waals surface area contributed by atoms with Gasteiger partial charge in [-0.2, -0.15) is 18.3 Å². The molecule has 1 fully saturated rings. The molecule has 1 amide bonds. The van der Waals surface area contributed by atoms with Crippen molar-refractivity contribution in [3.8, 4) is 5.75 Å². The van der Waals surface area contributed by atoms with Gasteiger partial charge in [-0.1, -0.05) is 13.8 Å². The van der Waals surface area contributed by atoms with E-state index in [0.29, 0.717) is 31.9 Å². The second-order valence-electron chi connectivity index (χ2n) is 6.08. The topological polar surface area (TPSA) is 61.3 Å². The van der Waals surface area contributed by atoms with Crippen LogP contribution in [0.25, 0.3) is 0 Å². The predicted molar refractivity (Wildman–Crippen MR) is 112 cm³/mol. The molecule has 2 heterocycles. The second kappa shape index (κ2) is 12.5. The molecule has 1 aliphatic heterocycles. The summed E-state index contributed by atoms with van der Waals surface area (Å²) < 4.78 is 43.6. The van der Waals surface area contributed by atoms with Crippen molar-refractivity contribution in [1.29, 1.82) is 0 Å². The molecular weight excluding hydrogens is 423 g/mol. The maximum Gasteiger partial charge on any atom is 0.432 e. The molecule has 0 radical (unpaired) electrons. The summed E-state index contributed by atoms with van der Waals surface area (Å²) >= 11 is 5.34. The molecule has 11 heteroatoms. The van der Waals surface area contributed by atoms with Gasteiger partial charge in [0.1, 0.15) is 18.1 Å². The van der Waals surface area contributed by atoms with Crippen LogP contribution < -0.4 is 9.64 Å². The lowest BCUT2D eigenvalue weighted by Gasteiger charge is -2.36. The number of piperazine rings is 1. The molecule has 7 nitrogen and oxygen atoms in total. The van der Waals surface area contributed by atoms with Crippen LogP contribution in [0.4, 0.5) is 19.0 Å². The Morgan fingerprint density at radius 2 is 1.93 bits per heavy atom. The van der Waals surface area contributed by atoms with Gasteiger partial charge < -0.3 is 14.5 Å². The minimum Gasteiger partial charge on any atom is -0.497 e. The molecule has 0 spiro atoms. The molecule has 1 aromatic heterocycles. The number of carbonyl (C=O) groups is 1. The van der Waals surface area contributed by atoms with Crippen LogP contribution >= 0.6 is 11.6 Å². The Morgan fingerprint density at radius 3 is 2.43 bits per heavy atom. The van der Waals surface area contributed by atoms with Crippen molar-refractivity contribution in [2.24, 2.45) is 5.10 Å². The van der Waals surface area contributed by atoms with E-state index in [9.17, 15) is 18.0 Å². The summed E-state index contributed by atoms with van der Waals surface area (Å²) in [5, 5.41) is 4.60. The average molecular weight is 452 g/mol. The summed E-state index contributed by atoms with van der Waals surface area (Å²) in [4.78, 5) is 20.4. The number of ether oxygens (including phenoxy) is 1. The Kier molecular flexibility index (Phi) is 10.7. The van der Waals surface area contributed by atoms with Crippen LogP contribution in [0.5, 0.6) is 5.75 Å². The van der Waals surface area contributed by atoms with Crippen molar-refractivity contribution >= 4 is 29.0 Å². The van der Waals surface area contributed by atoms with Gasteiger partial charge in [-0.15, -0.1) is 11.6 Å². The molecule has 0 N–H and O–H groups in total.